The van der Waals surface area contributed by atoms with E-state index in [-0.39, 0.29) is 22.4 Å². The predicted molar refractivity (Wildman–Crippen MR) is 19.6 cm³/mol. The van der Waals surface area contributed by atoms with Gasteiger partial charge in [0.2, 0.25) is 0 Å². The maximum Gasteiger partial charge on any atom is 0.0484 e. The van der Waals surface area contributed by atoms with Gasteiger partial charge in [-0.2, -0.15) is 0 Å². The summed E-state index contributed by atoms with van der Waals surface area (Å²) in [6.07, 6.45) is 0.333. The Labute approximate surface area is 52.6 Å². The summed E-state index contributed by atoms with van der Waals surface area (Å²) in [7, 11) is 0. The molecule has 0 aliphatic carbocycles. The molecule has 35 valence electrons. The minimum atomic E-state index is -0.495. The number of hydrogen-bond donors (Lipinski definition) is 0. The van der Waals surface area contributed by atoms with Crippen molar-refractivity contribution in [3.8, 4) is 0 Å². The van der Waals surface area contributed by atoms with E-state index >= 15 is 0 Å². The normalized spacial score (nSPS) is 6.17. The zero-order valence-electron chi connectivity index (χ0n) is 3.56. The van der Waals surface area contributed by atoms with Crippen molar-refractivity contribution in [2.45, 2.75) is 13.3 Å². The molecule has 3 heteroatoms. The van der Waals surface area contributed by atoms with Crippen LogP contribution >= 0.6 is 0 Å². The van der Waals surface area contributed by atoms with Gasteiger partial charge in [0.25, 0.3) is 0 Å². The molecule has 0 aliphatic rings. The van der Waals surface area contributed by atoms with Crippen molar-refractivity contribution in [1.29, 1.82) is 0 Å². The summed E-state index contributed by atoms with van der Waals surface area (Å²) in [6.45, 7) is 1.66. The van der Waals surface area contributed by atoms with Crippen LogP contribution in [0.15, 0.2) is 0 Å². The fourth-order valence-corrected chi connectivity index (χ4v) is 0. The van der Waals surface area contributed by atoms with Crippen molar-refractivity contribution in [1.82, 2.24) is 0 Å². The van der Waals surface area contributed by atoms with Crippen LogP contribution in [0.5, 0.6) is 0 Å². The molecule has 0 saturated heterocycles. The number of nitrogens with one attached hydrogen (secondary N) is 1. The Hall–Kier alpha value is 0.210. The predicted octanol–water partition coefficient (Wildman–Crippen LogP) is 0.973. The van der Waals surface area contributed by atoms with E-state index in [1.165, 1.54) is 0 Å². The van der Waals surface area contributed by atoms with E-state index in [0.717, 1.165) is 0 Å². The number of rotatable bonds is 1. The first-order valence-corrected chi connectivity index (χ1v) is 1.51. The van der Waals surface area contributed by atoms with Gasteiger partial charge in [-0.25, -0.2) is 0 Å². The Bertz CT molecular complexity index is 46.1. The molecule has 2 nitrogen and oxygen atoms in total. The second-order valence-electron chi connectivity index (χ2n) is 0.777. The van der Waals surface area contributed by atoms with E-state index in [1.54, 1.807) is 6.92 Å². The van der Waals surface area contributed by atoms with E-state index in [0.29, 0.717) is 6.42 Å². The Morgan fingerprint density at radius 3 is 2.00 bits per heavy atom. The van der Waals surface area contributed by atoms with Crippen molar-refractivity contribution in [2.24, 2.45) is 0 Å². The summed E-state index contributed by atoms with van der Waals surface area (Å²) in [5, 5.41) is 0. The van der Waals surface area contributed by atoms with Crippen LogP contribution in [0.1, 0.15) is 13.3 Å². The third kappa shape index (κ3) is 8.88. The molecule has 0 rings (SSSR count). The number of carbonyl (C=O) groups is 1. The first kappa shape index (κ1) is 9.51. The van der Waals surface area contributed by atoms with Gasteiger partial charge in [0.1, 0.15) is 0 Å². The molecule has 0 bridgehead atoms. The molecule has 1 radical (unpaired) electrons. The summed E-state index contributed by atoms with van der Waals surface area (Å²) < 4.78 is 0. The fourth-order valence-electron chi connectivity index (χ4n) is 0. The second-order valence-corrected chi connectivity index (χ2v) is 0.777. The molecule has 0 heterocycles. The average molecular weight is 253 g/mol. The monoisotopic (exact) mass is 253 g/mol. The molecule has 1 amide bonds. The first-order chi connectivity index (χ1) is 2.27. The van der Waals surface area contributed by atoms with E-state index in [2.05, 4.69) is 0 Å². The molecule has 0 fully saturated rings. The van der Waals surface area contributed by atoms with Crippen LogP contribution in [0.25, 0.3) is 5.73 Å². The Morgan fingerprint density at radius 1 is 1.83 bits per heavy atom. The molecule has 0 spiro atoms. The fraction of sp³-hybridized carbons (Fsp3) is 0.667. The van der Waals surface area contributed by atoms with Gasteiger partial charge in [-0.15, -0.1) is 0 Å². The second kappa shape index (κ2) is 5.21. The van der Waals surface area contributed by atoms with Gasteiger partial charge in [0.15, 0.2) is 0 Å². The van der Waals surface area contributed by atoms with Crippen LogP contribution in [0, 0.1) is 0 Å². The van der Waals surface area contributed by atoms with Gasteiger partial charge < -0.3 is 10.5 Å². The Kier molecular flexibility index (Phi) is 8.26. The molecule has 0 aromatic rings. The maximum atomic E-state index is 9.48. The van der Waals surface area contributed by atoms with Crippen molar-refractivity contribution < 1.29 is 27.2 Å². The van der Waals surface area contributed by atoms with E-state index in [9.17, 15) is 4.79 Å². The molecular weight excluding hydrogens is 247 g/mol. The molecule has 0 atom stereocenters. The van der Waals surface area contributed by atoms with Gasteiger partial charge in [-0.3, -0.25) is 0 Å². The number of carbonyl (C=O) groups excluding carboxylic acids is 1. The summed E-state index contributed by atoms with van der Waals surface area (Å²) in [5.74, 6) is -0.495. The summed E-state index contributed by atoms with van der Waals surface area (Å²) in [6, 6.07) is 0. The van der Waals surface area contributed by atoms with Gasteiger partial charge >= 0.3 is 0 Å². The maximum absolute atomic E-state index is 9.48. The summed E-state index contributed by atoms with van der Waals surface area (Å²) >= 11 is 0. The third-order valence-electron chi connectivity index (χ3n) is 0.321. The quantitative estimate of drug-likeness (QED) is 0.686. The molecule has 0 unspecified atom stereocenters. The molecular formula is C3H6NOTa-. The van der Waals surface area contributed by atoms with Crippen molar-refractivity contribution in [3.05, 3.63) is 5.73 Å². The molecule has 0 aliphatic heterocycles. The van der Waals surface area contributed by atoms with Crippen LogP contribution < -0.4 is 0 Å². The summed E-state index contributed by atoms with van der Waals surface area (Å²) in [4.78, 5) is 9.48. The zero-order valence-corrected chi connectivity index (χ0v) is 6.78. The minimum Gasteiger partial charge on any atom is -0.668 e. The SMILES string of the molecule is CCC([NH-])=O.[Ta]. The van der Waals surface area contributed by atoms with Gasteiger partial charge in [-0.05, 0) is 6.42 Å². The topological polar surface area (TPSA) is 40.9 Å². The van der Waals surface area contributed by atoms with Crippen LogP contribution in [0.2, 0.25) is 0 Å². The molecule has 0 aromatic carbocycles. The van der Waals surface area contributed by atoms with Crippen LogP contribution in [0.4, 0.5) is 0 Å². The van der Waals surface area contributed by atoms with Crippen molar-refractivity contribution >= 4 is 5.91 Å². The Morgan fingerprint density at radius 2 is 2.00 bits per heavy atom. The van der Waals surface area contributed by atoms with Gasteiger partial charge in [0.05, 0.1) is 0 Å². The number of amides is 1. The first-order valence-electron chi connectivity index (χ1n) is 1.51. The van der Waals surface area contributed by atoms with Crippen molar-refractivity contribution in [3.63, 3.8) is 0 Å². The smallest absolute Gasteiger partial charge is 0.0484 e. The largest absolute Gasteiger partial charge is 0.668 e. The van der Waals surface area contributed by atoms with Gasteiger partial charge in [-0.1, -0.05) is 6.92 Å². The van der Waals surface area contributed by atoms with Gasteiger partial charge in [0, 0.05) is 28.3 Å². The average Bonchev–Trinajstić information content (AvgIpc) is 1.38. The van der Waals surface area contributed by atoms with Crippen LogP contribution in [-0.2, 0) is 27.2 Å². The number of hydrogen-bond acceptors (Lipinski definition) is 1. The van der Waals surface area contributed by atoms with Crippen LogP contribution in [-0.4, -0.2) is 5.91 Å². The van der Waals surface area contributed by atoms with Crippen LogP contribution in [0.3, 0.4) is 0 Å². The van der Waals surface area contributed by atoms with E-state index in [1.807, 2.05) is 0 Å². The minimum absolute atomic E-state index is 0. The molecule has 0 saturated carbocycles. The van der Waals surface area contributed by atoms with Crippen molar-refractivity contribution in [2.75, 3.05) is 0 Å². The van der Waals surface area contributed by atoms with E-state index < -0.39 is 5.91 Å². The molecule has 0 aromatic heterocycles. The Balaban J connectivity index is 0. The van der Waals surface area contributed by atoms with E-state index in [4.69, 9.17) is 5.73 Å². The zero-order chi connectivity index (χ0) is 4.28. The standard InChI is InChI=1S/C3H7NO.Ta/c1-2-3(4)5;/h2H2,1H3,(H2,4,5);/p-1. The molecule has 1 N–H and O–H groups in total. The summed E-state index contributed by atoms with van der Waals surface area (Å²) in [5.41, 5.74) is 6.19. The third-order valence-corrected chi connectivity index (χ3v) is 0.321. The molecule has 6 heavy (non-hydrogen) atoms.